The van der Waals surface area contributed by atoms with E-state index < -0.39 is 5.97 Å². The van der Waals surface area contributed by atoms with E-state index in [1.807, 2.05) is 30.3 Å². The number of benzene rings is 2. The lowest BCUT2D eigenvalue weighted by Crippen LogP contribution is -2.08. The monoisotopic (exact) mass is 280 g/mol. The number of nitrogens with zero attached hydrogens (tertiary/aromatic N) is 1. The maximum atomic E-state index is 12.0. The van der Waals surface area contributed by atoms with E-state index in [1.165, 1.54) is 12.3 Å². The van der Waals surface area contributed by atoms with Crippen molar-refractivity contribution in [2.45, 2.75) is 6.61 Å². The summed E-state index contributed by atoms with van der Waals surface area (Å²) < 4.78 is 5.24. The molecule has 5 nitrogen and oxygen atoms in total. The third-order valence-corrected chi connectivity index (χ3v) is 3.10. The highest BCUT2D eigenvalue weighted by Crippen LogP contribution is 2.11. The van der Waals surface area contributed by atoms with Crippen LogP contribution in [0.5, 0.6) is 0 Å². The SMILES string of the molecule is O=C(OCc1ccccc1)c1ccc2[nH]ncc(=O)c2c1. The molecule has 0 unspecified atom stereocenters. The molecule has 1 aromatic heterocycles. The number of aromatic nitrogens is 2. The van der Waals surface area contributed by atoms with Gasteiger partial charge >= 0.3 is 5.97 Å². The second kappa shape index (κ2) is 5.58. The van der Waals surface area contributed by atoms with Gasteiger partial charge in [0, 0.05) is 5.39 Å². The Balaban J connectivity index is 1.82. The normalized spacial score (nSPS) is 10.5. The first-order chi connectivity index (χ1) is 10.2. The topological polar surface area (TPSA) is 72.1 Å². The molecule has 0 fully saturated rings. The second-order valence-corrected chi connectivity index (χ2v) is 4.56. The Morgan fingerprint density at radius 2 is 1.95 bits per heavy atom. The van der Waals surface area contributed by atoms with Gasteiger partial charge in [-0.3, -0.25) is 9.89 Å². The number of rotatable bonds is 3. The van der Waals surface area contributed by atoms with Gasteiger partial charge in [-0.15, -0.1) is 0 Å². The molecule has 0 spiro atoms. The number of nitrogens with one attached hydrogen (secondary N) is 1. The number of ether oxygens (including phenoxy) is 1. The van der Waals surface area contributed by atoms with Gasteiger partial charge in [0.05, 0.1) is 17.3 Å². The fourth-order valence-electron chi connectivity index (χ4n) is 2.01. The lowest BCUT2D eigenvalue weighted by molar-refractivity contribution is 0.0473. The van der Waals surface area contributed by atoms with E-state index in [0.29, 0.717) is 16.5 Å². The van der Waals surface area contributed by atoms with Crippen LogP contribution in [-0.2, 0) is 11.3 Å². The smallest absolute Gasteiger partial charge is 0.338 e. The Morgan fingerprint density at radius 3 is 2.76 bits per heavy atom. The zero-order valence-corrected chi connectivity index (χ0v) is 11.1. The van der Waals surface area contributed by atoms with Crippen molar-refractivity contribution in [2.75, 3.05) is 0 Å². The number of aromatic amines is 1. The molecule has 104 valence electrons. The minimum absolute atomic E-state index is 0.199. The van der Waals surface area contributed by atoms with Gasteiger partial charge in [0.25, 0.3) is 0 Å². The zero-order valence-electron chi connectivity index (χ0n) is 11.1. The fraction of sp³-hybridized carbons (Fsp3) is 0.0625. The van der Waals surface area contributed by atoms with E-state index in [0.717, 1.165) is 5.56 Å². The van der Waals surface area contributed by atoms with Crippen molar-refractivity contribution in [2.24, 2.45) is 0 Å². The summed E-state index contributed by atoms with van der Waals surface area (Å²) in [5.41, 5.74) is 1.60. The van der Waals surface area contributed by atoms with Gasteiger partial charge in [-0.2, -0.15) is 5.10 Å². The minimum Gasteiger partial charge on any atom is -0.457 e. The average molecular weight is 280 g/mol. The molecular formula is C16H12N2O3. The molecule has 0 saturated heterocycles. The van der Waals surface area contributed by atoms with Crippen LogP contribution < -0.4 is 5.43 Å². The molecule has 1 heterocycles. The lowest BCUT2D eigenvalue weighted by Gasteiger charge is -2.05. The van der Waals surface area contributed by atoms with Crippen LogP contribution in [0.15, 0.2) is 59.5 Å². The first-order valence-corrected chi connectivity index (χ1v) is 6.42. The Bertz CT molecular complexity index is 841. The summed E-state index contributed by atoms with van der Waals surface area (Å²) in [6.07, 6.45) is 1.18. The van der Waals surface area contributed by atoms with Gasteiger partial charge in [0.2, 0.25) is 5.43 Å². The third-order valence-electron chi connectivity index (χ3n) is 3.10. The van der Waals surface area contributed by atoms with Crippen LogP contribution in [0, 0.1) is 0 Å². The number of carbonyl (C=O) groups excluding carboxylic acids is 1. The molecule has 3 aromatic rings. The Hall–Kier alpha value is -2.95. The van der Waals surface area contributed by atoms with Crippen molar-refractivity contribution in [3.05, 3.63) is 76.1 Å². The summed E-state index contributed by atoms with van der Waals surface area (Å²) in [7, 11) is 0. The molecule has 5 heteroatoms. The van der Waals surface area contributed by atoms with Crippen molar-refractivity contribution in [1.29, 1.82) is 0 Å². The second-order valence-electron chi connectivity index (χ2n) is 4.56. The quantitative estimate of drug-likeness (QED) is 0.747. The molecule has 1 N–H and O–H groups in total. The zero-order chi connectivity index (χ0) is 14.7. The van der Waals surface area contributed by atoms with E-state index in [9.17, 15) is 9.59 Å². The summed E-state index contributed by atoms with van der Waals surface area (Å²) in [5, 5.41) is 6.84. The fourth-order valence-corrected chi connectivity index (χ4v) is 2.01. The first-order valence-electron chi connectivity index (χ1n) is 6.42. The van der Waals surface area contributed by atoms with Crippen molar-refractivity contribution in [1.82, 2.24) is 10.2 Å². The van der Waals surface area contributed by atoms with Crippen molar-refractivity contribution in [3.8, 4) is 0 Å². The summed E-state index contributed by atoms with van der Waals surface area (Å²) in [4.78, 5) is 23.7. The van der Waals surface area contributed by atoms with Gasteiger partial charge < -0.3 is 4.74 Å². The molecular weight excluding hydrogens is 268 g/mol. The molecule has 0 aliphatic carbocycles. The molecule has 0 atom stereocenters. The summed E-state index contributed by atoms with van der Waals surface area (Å²) in [6.45, 7) is 0.199. The maximum Gasteiger partial charge on any atom is 0.338 e. The average Bonchev–Trinajstić information content (AvgIpc) is 2.54. The maximum absolute atomic E-state index is 12.0. The Labute approximate surface area is 120 Å². The number of carbonyl (C=O) groups is 1. The predicted octanol–water partition coefficient (Wildman–Crippen LogP) is 2.28. The van der Waals surface area contributed by atoms with Gasteiger partial charge in [0.1, 0.15) is 6.61 Å². The van der Waals surface area contributed by atoms with Gasteiger partial charge in [-0.05, 0) is 23.8 Å². The summed E-state index contributed by atoms with van der Waals surface area (Å²) in [5.74, 6) is -0.461. The van der Waals surface area contributed by atoms with E-state index in [4.69, 9.17) is 4.74 Å². The Morgan fingerprint density at radius 1 is 1.14 bits per heavy atom. The van der Waals surface area contributed by atoms with E-state index in [1.54, 1.807) is 12.1 Å². The highest BCUT2D eigenvalue weighted by atomic mass is 16.5. The van der Waals surface area contributed by atoms with Crippen LogP contribution >= 0.6 is 0 Å². The van der Waals surface area contributed by atoms with Crippen LogP contribution in [0.3, 0.4) is 0 Å². The lowest BCUT2D eigenvalue weighted by atomic mass is 10.1. The molecule has 0 aliphatic heterocycles. The van der Waals surface area contributed by atoms with Gasteiger partial charge in [-0.25, -0.2) is 4.79 Å². The summed E-state index contributed by atoms with van der Waals surface area (Å²) >= 11 is 0. The largest absolute Gasteiger partial charge is 0.457 e. The molecule has 0 saturated carbocycles. The molecule has 0 aliphatic rings. The van der Waals surface area contributed by atoms with Crippen LogP contribution in [-0.4, -0.2) is 16.2 Å². The predicted molar refractivity (Wildman–Crippen MR) is 77.9 cm³/mol. The van der Waals surface area contributed by atoms with Crippen LogP contribution in [0.2, 0.25) is 0 Å². The number of hydrogen-bond acceptors (Lipinski definition) is 4. The van der Waals surface area contributed by atoms with E-state index in [-0.39, 0.29) is 12.0 Å². The Kier molecular flexibility index (Phi) is 3.47. The van der Waals surface area contributed by atoms with Gasteiger partial charge in [0.15, 0.2) is 0 Å². The third kappa shape index (κ3) is 2.81. The highest BCUT2D eigenvalue weighted by Gasteiger charge is 2.09. The standard InChI is InChI=1S/C16H12N2O3/c19-15-9-17-18-14-7-6-12(8-13(14)15)16(20)21-10-11-4-2-1-3-5-11/h1-9H,10H2,(H,18,19). The van der Waals surface area contributed by atoms with E-state index >= 15 is 0 Å². The molecule has 0 amide bonds. The number of fused-ring (bicyclic) bond motifs is 1. The molecule has 0 radical (unpaired) electrons. The molecule has 21 heavy (non-hydrogen) atoms. The van der Waals surface area contributed by atoms with Crippen molar-refractivity contribution < 1.29 is 9.53 Å². The number of H-pyrrole nitrogens is 1. The van der Waals surface area contributed by atoms with Crippen LogP contribution in [0.1, 0.15) is 15.9 Å². The minimum atomic E-state index is -0.461. The van der Waals surface area contributed by atoms with Crippen molar-refractivity contribution >= 4 is 16.9 Å². The van der Waals surface area contributed by atoms with Crippen LogP contribution in [0.25, 0.3) is 10.9 Å². The van der Waals surface area contributed by atoms with E-state index in [2.05, 4.69) is 10.2 Å². The molecule has 3 rings (SSSR count). The molecule has 2 aromatic carbocycles. The number of hydrogen-bond donors (Lipinski definition) is 1. The highest BCUT2D eigenvalue weighted by molar-refractivity contribution is 5.94. The van der Waals surface area contributed by atoms with Crippen molar-refractivity contribution in [3.63, 3.8) is 0 Å². The van der Waals surface area contributed by atoms with Gasteiger partial charge in [-0.1, -0.05) is 30.3 Å². The summed E-state index contributed by atoms with van der Waals surface area (Å²) in [6, 6.07) is 14.2. The number of esters is 1. The van der Waals surface area contributed by atoms with Crippen LogP contribution in [0.4, 0.5) is 0 Å². The first kappa shape index (κ1) is 13.1. The molecule has 0 bridgehead atoms.